The van der Waals surface area contributed by atoms with E-state index in [1.165, 1.54) is 0 Å². The molecule has 45 heavy (non-hydrogen) atoms. The maximum atomic E-state index is 14.5. The summed E-state index contributed by atoms with van der Waals surface area (Å²) in [5, 5.41) is 13.0. The molecule has 232 valence electrons. The van der Waals surface area contributed by atoms with Crippen molar-refractivity contribution in [3.05, 3.63) is 140 Å². The second-order valence-corrected chi connectivity index (χ2v) is 11.7. The summed E-state index contributed by atoms with van der Waals surface area (Å²) < 4.78 is 5.93. The number of carbonyl (C=O) groups is 3. The SMILES string of the molecule is CCOC[C@H](c1ccccc1)N1C(=O)c2ccccc2[C@@H](C(=O)NCCc2ccc(CC(=O)O)cc2)[C@@H]1c1ccc(Cl)cc1Cl. The third-order valence-corrected chi connectivity index (χ3v) is 8.59. The molecule has 7 nitrogen and oxygen atoms in total. The van der Waals surface area contributed by atoms with Gasteiger partial charge in [0, 0.05) is 28.8 Å². The largest absolute Gasteiger partial charge is 0.481 e. The smallest absolute Gasteiger partial charge is 0.307 e. The molecule has 0 fully saturated rings. The predicted molar refractivity (Wildman–Crippen MR) is 175 cm³/mol. The quantitative estimate of drug-likeness (QED) is 0.172. The number of benzene rings is 4. The molecule has 1 aliphatic heterocycles. The number of carbonyl (C=O) groups excluding carboxylic acids is 2. The molecule has 0 saturated carbocycles. The van der Waals surface area contributed by atoms with E-state index in [2.05, 4.69) is 5.32 Å². The zero-order valence-corrected chi connectivity index (χ0v) is 26.3. The van der Waals surface area contributed by atoms with Crippen molar-refractivity contribution >= 4 is 41.0 Å². The molecular formula is C36H34Cl2N2O5. The second-order valence-electron chi connectivity index (χ2n) is 10.9. The van der Waals surface area contributed by atoms with E-state index in [-0.39, 0.29) is 24.8 Å². The van der Waals surface area contributed by atoms with Gasteiger partial charge in [0.25, 0.3) is 5.91 Å². The number of carboxylic acid groups (broad SMARTS) is 1. The first kappa shape index (κ1) is 32.2. The van der Waals surface area contributed by atoms with Crippen molar-refractivity contribution in [1.29, 1.82) is 0 Å². The maximum Gasteiger partial charge on any atom is 0.307 e. The highest BCUT2D eigenvalue weighted by Crippen LogP contribution is 2.48. The van der Waals surface area contributed by atoms with Gasteiger partial charge < -0.3 is 20.1 Å². The Morgan fingerprint density at radius 3 is 2.29 bits per heavy atom. The summed E-state index contributed by atoms with van der Waals surface area (Å²) in [5.41, 5.74) is 4.22. The van der Waals surface area contributed by atoms with Crippen LogP contribution >= 0.6 is 23.2 Å². The minimum Gasteiger partial charge on any atom is -0.481 e. The summed E-state index contributed by atoms with van der Waals surface area (Å²) in [5.74, 6) is -2.15. The fraction of sp³-hybridized carbons (Fsp3) is 0.250. The Hall–Kier alpha value is -4.17. The fourth-order valence-corrected chi connectivity index (χ4v) is 6.45. The van der Waals surface area contributed by atoms with Crippen LogP contribution in [0, 0.1) is 0 Å². The van der Waals surface area contributed by atoms with Gasteiger partial charge in [-0.25, -0.2) is 0 Å². The van der Waals surface area contributed by atoms with E-state index < -0.39 is 24.0 Å². The summed E-state index contributed by atoms with van der Waals surface area (Å²) in [6.07, 6.45) is 0.495. The zero-order chi connectivity index (χ0) is 31.9. The molecule has 0 radical (unpaired) electrons. The molecule has 0 spiro atoms. The van der Waals surface area contributed by atoms with Crippen molar-refractivity contribution in [2.75, 3.05) is 19.8 Å². The van der Waals surface area contributed by atoms with Gasteiger partial charge in [-0.3, -0.25) is 14.4 Å². The lowest BCUT2D eigenvalue weighted by molar-refractivity contribution is -0.136. The van der Waals surface area contributed by atoms with Crippen molar-refractivity contribution in [2.45, 2.75) is 37.8 Å². The van der Waals surface area contributed by atoms with Crippen molar-refractivity contribution in [2.24, 2.45) is 0 Å². The van der Waals surface area contributed by atoms with E-state index in [0.717, 1.165) is 11.1 Å². The molecule has 3 atom stereocenters. The summed E-state index contributed by atoms with van der Waals surface area (Å²) in [4.78, 5) is 41.5. The molecule has 4 aromatic carbocycles. The number of rotatable bonds is 12. The van der Waals surface area contributed by atoms with Gasteiger partial charge in [0.1, 0.15) is 0 Å². The normalized spacial score (nSPS) is 16.6. The number of aliphatic carboxylic acids is 1. The minimum absolute atomic E-state index is 0.0464. The first-order valence-electron chi connectivity index (χ1n) is 14.8. The Labute approximate surface area is 272 Å². The lowest BCUT2D eigenvalue weighted by Gasteiger charge is -2.46. The van der Waals surface area contributed by atoms with Crippen LogP contribution in [-0.2, 0) is 27.2 Å². The molecule has 1 heterocycles. The van der Waals surface area contributed by atoms with E-state index in [9.17, 15) is 14.4 Å². The van der Waals surface area contributed by atoms with Gasteiger partial charge in [0.05, 0.1) is 31.0 Å². The van der Waals surface area contributed by atoms with E-state index in [1.807, 2.05) is 61.5 Å². The Bertz CT molecular complexity index is 1660. The third-order valence-electron chi connectivity index (χ3n) is 8.03. The van der Waals surface area contributed by atoms with Crippen molar-refractivity contribution in [3.63, 3.8) is 0 Å². The van der Waals surface area contributed by atoms with Crippen LogP contribution in [0.5, 0.6) is 0 Å². The Balaban J connectivity index is 1.54. The molecule has 0 bridgehead atoms. The van der Waals surface area contributed by atoms with Gasteiger partial charge >= 0.3 is 5.97 Å². The van der Waals surface area contributed by atoms with Crippen LogP contribution in [0.4, 0.5) is 0 Å². The molecule has 2 N–H and O–H groups in total. The standard InChI is InChI=1S/C36H34Cl2N2O5/c1-2-45-22-31(25-8-4-3-5-9-25)40-34(29-17-16-26(37)21-30(29)38)33(27-10-6-7-11-28(27)36(40)44)35(43)39-19-18-23-12-14-24(15-13-23)20-32(41)42/h3-17,21,31,33-34H,2,18-20,22H2,1H3,(H,39,43)(H,41,42)/t31-,33-,34+/m1/s1. The Kier molecular flexibility index (Phi) is 10.6. The maximum absolute atomic E-state index is 14.5. The summed E-state index contributed by atoms with van der Waals surface area (Å²) in [6, 6.07) is 28.0. The highest BCUT2D eigenvalue weighted by molar-refractivity contribution is 6.35. The van der Waals surface area contributed by atoms with E-state index in [0.29, 0.717) is 51.9 Å². The molecule has 4 aromatic rings. The number of nitrogens with one attached hydrogen (secondary N) is 1. The monoisotopic (exact) mass is 644 g/mol. The molecule has 9 heteroatoms. The van der Waals surface area contributed by atoms with Gasteiger partial charge in [-0.2, -0.15) is 0 Å². The van der Waals surface area contributed by atoms with Gasteiger partial charge in [-0.05, 0) is 59.4 Å². The number of carboxylic acids is 1. The van der Waals surface area contributed by atoms with Gasteiger partial charge in [-0.1, -0.05) is 102 Å². The van der Waals surface area contributed by atoms with Crippen molar-refractivity contribution in [3.8, 4) is 0 Å². The molecule has 0 aromatic heterocycles. The molecule has 5 rings (SSSR count). The first-order valence-corrected chi connectivity index (χ1v) is 15.6. The molecule has 0 aliphatic carbocycles. The van der Waals surface area contributed by atoms with Crippen LogP contribution in [0.2, 0.25) is 10.0 Å². The molecule has 1 aliphatic rings. The summed E-state index contributed by atoms with van der Waals surface area (Å²) in [7, 11) is 0. The summed E-state index contributed by atoms with van der Waals surface area (Å²) >= 11 is 13.1. The number of amides is 2. The Morgan fingerprint density at radius 1 is 0.911 bits per heavy atom. The van der Waals surface area contributed by atoms with Crippen LogP contribution in [0.1, 0.15) is 63.1 Å². The van der Waals surface area contributed by atoms with Crippen molar-refractivity contribution in [1.82, 2.24) is 10.2 Å². The van der Waals surface area contributed by atoms with Gasteiger partial charge in [-0.15, -0.1) is 0 Å². The number of ether oxygens (including phenoxy) is 1. The van der Waals surface area contributed by atoms with Crippen molar-refractivity contribution < 1.29 is 24.2 Å². The number of fused-ring (bicyclic) bond motifs is 1. The van der Waals surface area contributed by atoms with Gasteiger partial charge in [0.15, 0.2) is 0 Å². The van der Waals surface area contributed by atoms with E-state index in [4.69, 9.17) is 33.0 Å². The Morgan fingerprint density at radius 2 is 1.60 bits per heavy atom. The number of nitrogens with zero attached hydrogens (tertiary/aromatic N) is 1. The average molecular weight is 646 g/mol. The van der Waals surface area contributed by atoms with Crippen LogP contribution in [-0.4, -0.2) is 47.5 Å². The second kappa shape index (κ2) is 14.7. The number of hydrogen-bond donors (Lipinski definition) is 2. The minimum atomic E-state index is -0.888. The average Bonchev–Trinajstić information content (AvgIpc) is 3.03. The van der Waals surface area contributed by atoms with Crippen LogP contribution < -0.4 is 5.32 Å². The topological polar surface area (TPSA) is 95.9 Å². The fourth-order valence-electron chi connectivity index (χ4n) is 5.93. The van der Waals surface area contributed by atoms with Gasteiger partial charge in [0.2, 0.25) is 5.91 Å². The first-order chi connectivity index (χ1) is 21.8. The summed E-state index contributed by atoms with van der Waals surface area (Å²) in [6.45, 7) is 2.92. The molecule has 0 unspecified atom stereocenters. The third kappa shape index (κ3) is 7.39. The molecular weight excluding hydrogens is 611 g/mol. The zero-order valence-electron chi connectivity index (χ0n) is 24.8. The lowest BCUT2D eigenvalue weighted by atomic mass is 9.78. The van der Waals surface area contributed by atoms with Crippen LogP contribution in [0.3, 0.4) is 0 Å². The van der Waals surface area contributed by atoms with E-state index >= 15 is 0 Å². The number of hydrogen-bond acceptors (Lipinski definition) is 4. The lowest BCUT2D eigenvalue weighted by Crippen LogP contribution is -2.50. The predicted octanol–water partition coefficient (Wildman–Crippen LogP) is 7.04. The highest BCUT2D eigenvalue weighted by Gasteiger charge is 2.47. The number of halogens is 2. The molecule has 0 saturated heterocycles. The van der Waals surface area contributed by atoms with E-state index in [1.54, 1.807) is 47.4 Å². The molecule has 2 amide bonds. The van der Waals surface area contributed by atoms with Crippen LogP contribution in [0.25, 0.3) is 0 Å². The van der Waals surface area contributed by atoms with Crippen LogP contribution in [0.15, 0.2) is 97.1 Å². The highest BCUT2D eigenvalue weighted by atomic mass is 35.5.